The van der Waals surface area contributed by atoms with Crippen LogP contribution in [-0.2, 0) is 0 Å². The number of hydrogen-bond donors (Lipinski definition) is 0. The van der Waals surface area contributed by atoms with Gasteiger partial charge in [-0.15, -0.1) is 0 Å². The standard InChI is InChI=1S/C48H31N3/c1-30-29-43(38-27-28-42-37-19-10-9-18-36(37)40-21-12-22-41(38)45(40)42)44(39-20-11-8-17-35(30)39)31-23-25-34(26-24-31)48-50-46(32-13-4-2-5-14-32)49-47(51-48)33-15-6-3-7-16-33/h2-29H,1H3. The van der Waals surface area contributed by atoms with Gasteiger partial charge in [0.25, 0.3) is 0 Å². The molecule has 0 unspecified atom stereocenters. The van der Waals surface area contributed by atoms with Crippen LogP contribution in [0.1, 0.15) is 5.56 Å². The van der Waals surface area contributed by atoms with Crippen LogP contribution >= 0.6 is 0 Å². The summed E-state index contributed by atoms with van der Waals surface area (Å²) in [6, 6.07) is 60.3. The van der Waals surface area contributed by atoms with Crippen LogP contribution in [0, 0.1) is 6.92 Å². The summed E-state index contributed by atoms with van der Waals surface area (Å²) in [6.45, 7) is 2.23. The lowest BCUT2D eigenvalue weighted by molar-refractivity contribution is 1.07. The highest BCUT2D eigenvalue weighted by molar-refractivity contribution is 6.20. The molecule has 0 saturated heterocycles. The van der Waals surface area contributed by atoms with Crippen LogP contribution in [-0.4, -0.2) is 15.0 Å². The Bertz CT molecular complexity index is 2700. The molecule has 0 fully saturated rings. The fourth-order valence-electron chi connectivity index (χ4n) is 7.85. The maximum absolute atomic E-state index is 4.98. The molecule has 0 amide bonds. The smallest absolute Gasteiger partial charge is 0.164 e. The van der Waals surface area contributed by atoms with E-state index in [1.807, 2.05) is 60.7 Å². The molecular formula is C48H31N3. The third-order valence-corrected chi connectivity index (χ3v) is 10.2. The number of aryl methyl sites for hydroxylation is 1. The molecule has 1 aliphatic carbocycles. The van der Waals surface area contributed by atoms with Crippen molar-refractivity contribution < 1.29 is 0 Å². The minimum absolute atomic E-state index is 0.648. The summed E-state index contributed by atoms with van der Waals surface area (Å²) in [5, 5.41) is 5.11. The van der Waals surface area contributed by atoms with Crippen LogP contribution in [0.4, 0.5) is 0 Å². The molecule has 1 aromatic heterocycles. The highest BCUT2D eigenvalue weighted by Gasteiger charge is 2.24. The topological polar surface area (TPSA) is 38.7 Å². The molecule has 10 rings (SSSR count). The maximum atomic E-state index is 4.98. The van der Waals surface area contributed by atoms with E-state index in [2.05, 4.69) is 116 Å². The van der Waals surface area contributed by atoms with E-state index in [0.717, 1.165) is 22.3 Å². The van der Waals surface area contributed by atoms with Crippen LogP contribution in [0.5, 0.6) is 0 Å². The second-order valence-corrected chi connectivity index (χ2v) is 13.2. The van der Waals surface area contributed by atoms with Crippen molar-refractivity contribution in [3.8, 4) is 78.7 Å². The van der Waals surface area contributed by atoms with Gasteiger partial charge in [0.2, 0.25) is 0 Å². The molecule has 0 bridgehead atoms. The minimum atomic E-state index is 0.648. The number of aromatic nitrogens is 3. The van der Waals surface area contributed by atoms with Crippen LogP contribution < -0.4 is 0 Å². The second kappa shape index (κ2) is 11.7. The summed E-state index contributed by atoms with van der Waals surface area (Å²) in [7, 11) is 0. The van der Waals surface area contributed by atoms with E-state index >= 15 is 0 Å². The monoisotopic (exact) mass is 649 g/mol. The summed E-state index contributed by atoms with van der Waals surface area (Å²) in [6.07, 6.45) is 0. The zero-order valence-electron chi connectivity index (χ0n) is 28.0. The lowest BCUT2D eigenvalue weighted by atomic mass is 9.85. The van der Waals surface area contributed by atoms with E-state index in [0.29, 0.717) is 17.5 Å². The van der Waals surface area contributed by atoms with Crippen LogP contribution in [0.25, 0.3) is 100 Å². The van der Waals surface area contributed by atoms with Gasteiger partial charge in [-0.25, -0.2) is 15.0 Å². The Kier molecular flexibility index (Phi) is 6.71. The zero-order chi connectivity index (χ0) is 33.9. The average Bonchev–Trinajstić information content (AvgIpc) is 3.53. The predicted molar refractivity (Wildman–Crippen MR) is 211 cm³/mol. The third-order valence-electron chi connectivity index (χ3n) is 10.2. The average molecular weight is 650 g/mol. The van der Waals surface area contributed by atoms with Gasteiger partial charge in [0.1, 0.15) is 0 Å². The summed E-state index contributed by atoms with van der Waals surface area (Å²) in [5.74, 6) is 1.96. The largest absolute Gasteiger partial charge is 0.208 e. The first-order valence-electron chi connectivity index (χ1n) is 17.4. The Morgan fingerprint density at radius 1 is 0.314 bits per heavy atom. The molecule has 0 atom stereocenters. The van der Waals surface area contributed by atoms with Crippen LogP contribution in [0.2, 0.25) is 0 Å². The van der Waals surface area contributed by atoms with E-state index in [9.17, 15) is 0 Å². The molecule has 51 heavy (non-hydrogen) atoms. The Labute approximate surface area is 296 Å². The molecule has 0 radical (unpaired) electrons. The van der Waals surface area contributed by atoms with Gasteiger partial charge in [0.05, 0.1) is 0 Å². The quantitative estimate of drug-likeness (QED) is 0.186. The van der Waals surface area contributed by atoms with Crippen molar-refractivity contribution in [3.05, 3.63) is 175 Å². The Morgan fingerprint density at radius 2 is 0.765 bits per heavy atom. The minimum Gasteiger partial charge on any atom is -0.208 e. The van der Waals surface area contributed by atoms with Crippen molar-refractivity contribution in [3.63, 3.8) is 0 Å². The van der Waals surface area contributed by atoms with Gasteiger partial charge < -0.3 is 0 Å². The fourth-order valence-corrected chi connectivity index (χ4v) is 7.85. The molecule has 3 nitrogen and oxygen atoms in total. The molecular weight excluding hydrogens is 619 g/mol. The van der Waals surface area contributed by atoms with E-state index in [1.54, 1.807) is 0 Å². The molecule has 0 N–H and O–H groups in total. The molecule has 0 aliphatic heterocycles. The number of benzene rings is 8. The highest BCUT2D eigenvalue weighted by Crippen LogP contribution is 2.51. The van der Waals surface area contributed by atoms with Crippen molar-refractivity contribution in [2.45, 2.75) is 6.92 Å². The molecule has 0 spiro atoms. The van der Waals surface area contributed by atoms with Crippen molar-refractivity contribution in [2.75, 3.05) is 0 Å². The molecule has 1 heterocycles. The lowest BCUT2D eigenvalue weighted by Crippen LogP contribution is -2.00. The van der Waals surface area contributed by atoms with Gasteiger partial charge in [-0.2, -0.15) is 0 Å². The van der Waals surface area contributed by atoms with Gasteiger partial charge in [0, 0.05) is 16.7 Å². The van der Waals surface area contributed by atoms with Crippen molar-refractivity contribution in [1.29, 1.82) is 0 Å². The number of fused-ring (bicyclic) bond motifs is 4. The van der Waals surface area contributed by atoms with Gasteiger partial charge >= 0.3 is 0 Å². The Morgan fingerprint density at radius 3 is 1.39 bits per heavy atom. The number of rotatable bonds is 5. The molecule has 0 saturated carbocycles. The van der Waals surface area contributed by atoms with Crippen LogP contribution in [0.3, 0.4) is 0 Å². The normalized spacial score (nSPS) is 11.6. The molecule has 1 aliphatic rings. The third kappa shape index (κ3) is 4.78. The van der Waals surface area contributed by atoms with Crippen molar-refractivity contribution >= 4 is 21.5 Å². The van der Waals surface area contributed by atoms with Crippen LogP contribution in [0.15, 0.2) is 170 Å². The molecule has 9 aromatic rings. The summed E-state index contributed by atoms with van der Waals surface area (Å²) in [4.78, 5) is 14.8. The SMILES string of the molecule is Cc1cc(-c2ccc3c4c(cccc24)-c2ccccc2-3)c(-c2ccc(-c3nc(-c4ccccc4)nc(-c4ccccc4)n3)cc2)c2ccccc12. The van der Waals surface area contributed by atoms with E-state index in [-0.39, 0.29) is 0 Å². The fraction of sp³-hybridized carbons (Fsp3) is 0.0208. The number of hydrogen-bond acceptors (Lipinski definition) is 3. The van der Waals surface area contributed by atoms with Gasteiger partial charge in [-0.3, -0.25) is 0 Å². The highest BCUT2D eigenvalue weighted by atomic mass is 15.0. The van der Waals surface area contributed by atoms with Gasteiger partial charge in [-0.1, -0.05) is 170 Å². The van der Waals surface area contributed by atoms with Crippen molar-refractivity contribution in [2.24, 2.45) is 0 Å². The molecule has 8 aromatic carbocycles. The lowest BCUT2D eigenvalue weighted by Gasteiger charge is -2.18. The summed E-state index contributed by atoms with van der Waals surface area (Å²) < 4.78 is 0. The van der Waals surface area contributed by atoms with Gasteiger partial charge in [0.15, 0.2) is 17.5 Å². The molecule has 3 heteroatoms. The zero-order valence-corrected chi connectivity index (χ0v) is 28.0. The second-order valence-electron chi connectivity index (χ2n) is 13.2. The summed E-state index contributed by atoms with van der Waals surface area (Å²) >= 11 is 0. The first-order chi connectivity index (χ1) is 25.2. The Balaban J connectivity index is 1.15. The Hall–Kier alpha value is -6.71. The number of nitrogens with zero attached hydrogens (tertiary/aromatic N) is 3. The first-order valence-corrected chi connectivity index (χ1v) is 17.4. The van der Waals surface area contributed by atoms with Gasteiger partial charge in [-0.05, 0) is 78.5 Å². The van der Waals surface area contributed by atoms with Crippen molar-refractivity contribution in [1.82, 2.24) is 15.0 Å². The van der Waals surface area contributed by atoms with E-state index in [1.165, 1.54) is 66.1 Å². The summed E-state index contributed by atoms with van der Waals surface area (Å²) in [5.41, 5.74) is 14.2. The predicted octanol–water partition coefficient (Wildman–Crippen LogP) is 12.5. The first kappa shape index (κ1) is 29.2. The van der Waals surface area contributed by atoms with E-state index in [4.69, 9.17) is 15.0 Å². The maximum Gasteiger partial charge on any atom is 0.164 e. The van der Waals surface area contributed by atoms with E-state index < -0.39 is 0 Å². The molecule has 238 valence electrons.